The zero-order valence-corrected chi connectivity index (χ0v) is 12.0. The SMILES string of the molecule is CC(=O)C(C(=O)c1ccccc1)C(=O)c1ccc(C)cc1. The molecule has 0 radical (unpaired) electrons. The summed E-state index contributed by atoms with van der Waals surface area (Å²) in [5, 5.41) is 0. The maximum Gasteiger partial charge on any atom is 0.181 e. The summed E-state index contributed by atoms with van der Waals surface area (Å²) in [4.78, 5) is 36.7. The standard InChI is InChI=1S/C18H16O3/c1-12-8-10-15(11-9-12)18(21)16(13(2)19)17(20)14-6-4-3-5-7-14/h3-11,16H,1-2H3. The molecule has 2 aromatic carbocycles. The van der Waals surface area contributed by atoms with Crippen molar-refractivity contribution in [2.45, 2.75) is 13.8 Å². The predicted octanol–water partition coefficient (Wildman–Crippen LogP) is 3.27. The molecule has 0 heterocycles. The Kier molecular flexibility index (Phi) is 4.43. The first-order valence-electron chi connectivity index (χ1n) is 6.71. The van der Waals surface area contributed by atoms with Crippen LogP contribution in [0.4, 0.5) is 0 Å². The van der Waals surface area contributed by atoms with Crippen LogP contribution < -0.4 is 0 Å². The van der Waals surface area contributed by atoms with Gasteiger partial charge in [0.25, 0.3) is 0 Å². The summed E-state index contributed by atoms with van der Waals surface area (Å²) in [6.07, 6.45) is 0. The Bertz CT molecular complexity index is 669. The molecule has 0 aromatic heterocycles. The molecule has 1 atom stereocenters. The summed E-state index contributed by atoms with van der Waals surface area (Å²) in [5.41, 5.74) is 1.77. The Hall–Kier alpha value is -2.55. The van der Waals surface area contributed by atoms with Gasteiger partial charge in [-0.25, -0.2) is 0 Å². The van der Waals surface area contributed by atoms with Crippen LogP contribution in [0.2, 0.25) is 0 Å². The fourth-order valence-electron chi connectivity index (χ4n) is 2.14. The number of aryl methyl sites for hydroxylation is 1. The van der Waals surface area contributed by atoms with Crippen LogP contribution in [-0.2, 0) is 4.79 Å². The molecule has 0 amide bonds. The zero-order valence-electron chi connectivity index (χ0n) is 12.0. The minimum absolute atomic E-state index is 0.373. The van der Waals surface area contributed by atoms with Gasteiger partial charge in [-0.15, -0.1) is 0 Å². The van der Waals surface area contributed by atoms with Gasteiger partial charge in [-0.05, 0) is 13.8 Å². The van der Waals surface area contributed by atoms with Crippen molar-refractivity contribution in [1.82, 2.24) is 0 Å². The Morgan fingerprint density at radius 3 is 1.71 bits per heavy atom. The molecule has 0 fully saturated rings. The Balaban J connectivity index is 2.35. The highest BCUT2D eigenvalue weighted by Crippen LogP contribution is 2.17. The van der Waals surface area contributed by atoms with Gasteiger partial charge in [0.05, 0.1) is 0 Å². The monoisotopic (exact) mass is 280 g/mol. The van der Waals surface area contributed by atoms with Gasteiger partial charge in [-0.3, -0.25) is 14.4 Å². The first-order valence-corrected chi connectivity index (χ1v) is 6.71. The van der Waals surface area contributed by atoms with Crippen molar-refractivity contribution in [3.63, 3.8) is 0 Å². The molecule has 0 saturated heterocycles. The molecule has 2 aromatic rings. The molecule has 0 spiro atoms. The van der Waals surface area contributed by atoms with E-state index in [9.17, 15) is 14.4 Å². The third-order valence-corrected chi connectivity index (χ3v) is 3.33. The summed E-state index contributed by atoms with van der Waals surface area (Å²) < 4.78 is 0. The molecule has 2 rings (SSSR count). The average molecular weight is 280 g/mol. The fourth-order valence-corrected chi connectivity index (χ4v) is 2.14. The van der Waals surface area contributed by atoms with Crippen LogP contribution in [0.5, 0.6) is 0 Å². The highest BCUT2D eigenvalue weighted by Gasteiger charge is 2.32. The quantitative estimate of drug-likeness (QED) is 0.624. The molecule has 3 nitrogen and oxygen atoms in total. The lowest BCUT2D eigenvalue weighted by molar-refractivity contribution is -0.118. The molecule has 0 saturated carbocycles. The normalized spacial score (nSPS) is 11.7. The van der Waals surface area contributed by atoms with Crippen molar-refractivity contribution >= 4 is 17.3 Å². The molecule has 0 aliphatic carbocycles. The van der Waals surface area contributed by atoms with Crippen LogP contribution in [-0.4, -0.2) is 17.3 Å². The zero-order chi connectivity index (χ0) is 15.4. The lowest BCUT2D eigenvalue weighted by atomic mass is 9.87. The van der Waals surface area contributed by atoms with Gasteiger partial charge in [0.2, 0.25) is 0 Å². The molecule has 0 N–H and O–H groups in total. The second kappa shape index (κ2) is 6.27. The van der Waals surface area contributed by atoms with Crippen LogP contribution in [0.25, 0.3) is 0 Å². The van der Waals surface area contributed by atoms with Crippen molar-refractivity contribution in [3.05, 3.63) is 71.3 Å². The van der Waals surface area contributed by atoms with E-state index in [-0.39, 0.29) is 0 Å². The smallest absolute Gasteiger partial charge is 0.181 e. The van der Waals surface area contributed by atoms with Gasteiger partial charge in [-0.1, -0.05) is 60.2 Å². The summed E-state index contributed by atoms with van der Waals surface area (Å²) in [5.74, 6) is -2.60. The highest BCUT2D eigenvalue weighted by molar-refractivity contribution is 6.27. The summed E-state index contributed by atoms with van der Waals surface area (Å²) in [7, 11) is 0. The number of hydrogen-bond donors (Lipinski definition) is 0. The van der Waals surface area contributed by atoms with Gasteiger partial charge in [-0.2, -0.15) is 0 Å². The topological polar surface area (TPSA) is 51.2 Å². The van der Waals surface area contributed by atoms with Crippen molar-refractivity contribution in [1.29, 1.82) is 0 Å². The number of rotatable bonds is 5. The first kappa shape index (κ1) is 14.9. The van der Waals surface area contributed by atoms with Gasteiger partial charge in [0, 0.05) is 11.1 Å². The van der Waals surface area contributed by atoms with Gasteiger partial charge >= 0.3 is 0 Å². The Morgan fingerprint density at radius 2 is 1.24 bits per heavy atom. The van der Waals surface area contributed by atoms with E-state index in [0.717, 1.165) is 5.56 Å². The van der Waals surface area contributed by atoms with Crippen molar-refractivity contribution in [2.75, 3.05) is 0 Å². The summed E-state index contributed by atoms with van der Waals surface area (Å²) in [6.45, 7) is 3.18. The van der Waals surface area contributed by atoms with E-state index < -0.39 is 23.3 Å². The van der Waals surface area contributed by atoms with Crippen LogP contribution in [0.15, 0.2) is 54.6 Å². The minimum atomic E-state index is -1.27. The fraction of sp³-hybridized carbons (Fsp3) is 0.167. The second-order valence-corrected chi connectivity index (χ2v) is 5.00. The maximum atomic E-state index is 12.5. The van der Waals surface area contributed by atoms with Crippen molar-refractivity contribution in [3.8, 4) is 0 Å². The number of Topliss-reactive ketones (excluding diaryl/α,β-unsaturated/α-hetero) is 3. The number of carbonyl (C=O) groups is 3. The van der Waals surface area contributed by atoms with E-state index in [2.05, 4.69) is 0 Å². The largest absolute Gasteiger partial charge is 0.299 e. The average Bonchev–Trinajstić information content (AvgIpc) is 2.48. The van der Waals surface area contributed by atoms with E-state index in [1.807, 2.05) is 6.92 Å². The molecule has 106 valence electrons. The number of carbonyl (C=O) groups excluding carboxylic acids is 3. The molecule has 21 heavy (non-hydrogen) atoms. The summed E-state index contributed by atoms with van der Waals surface area (Å²) >= 11 is 0. The van der Waals surface area contributed by atoms with E-state index in [1.165, 1.54) is 6.92 Å². The maximum absolute atomic E-state index is 12.5. The molecule has 1 unspecified atom stereocenters. The Morgan fingerprint density at radius 1 is 0.762 bits per heavy atom. The van der Waals surface area contributed by atoms with Crippen LogP contribution >= 0.6 is 0 Å². The molecular formula is C18H16O3. The van der Waals surface area contributed by atoms with E-state index >= 15 is 0 Å². The highest BCUT2D eigenvalue weighted by atomic mass is 16.2. The van der Waals surface area contributed by atoms with Crippen molar-refractivity contribution in [2.24, 2.45) is 5.92 Å². The summed E-state index contributed by atoms with van der Waals surface area (Å²) in [6, 6.07) is 15.3. The predicted molar refractivity (Wildman–Crippen MR) is 80.5 cm³/mol. The Labute approximate surface area is 123 Å². The minimum Gasteiger partial charge on any atom is -0.299 e. The second-order valence-electron chi connectivity index (χ2n) is 5.00. The molecule has 0 aliphatic heterocycles. The van der Waals surface area contributed by atoms with Crippen LogP contribution in [0.1, 0.15) is 33.2 Å². The van der Waals surface area contributed by atoms with Crippen LogP contribution in [0, 0.1) is 12.8 Å². The first-order chi connectivity index (χ1) is 10.0. The number of hydrogen-bond acceptors (Lipinski definition) is 3. The number of ketones is 3. The van der Waals surface area contributed by atoms with Gasteiger partial charge in [0.1, 0.15) is 11.7 Å². The third-order valence-electron chi connectivity index (χ3n) is 3.33. The van der Waals surface area contributed by atoms with E-state index in [4.69, 9.17) is 0 Å². The van der Waals surface area contributed by atoms with Crippen molar-refractivity contribution < 1.29 is 14.4 Å². The van der Waals surface area contributed by atoms with E-state index in [1.54, 1.807) is 54.6 Å². The molecule has 0 bridgehead atoms. The van der Waals surface area contributed by atoms with Crippen LogP contribution in [0.3, 0.4) is 0 Å². The number of benzene rings is 2. The lowest BCUT2D eigenvalue weighted by Gasteiger charge is -2.12. The van der Waals surface area contributed by atoms with E-state index in [0.29, 0.717) is 11.1 Å². The molecule has 0 aliphatic rings. The molecular weight excluding hydrogens is 264 g/mol. The third kappa shape index (κ3) is 3.31. The van der Waals surface area contributed by atoms with Gasteiger partial charge in [0.15, 0.2) is 11.6 Å². The molecule has 3 heteroatoms. The van der Waals surface area contributed by atoms with Gasteiger partial charge < -0.3 is 0 Å². The lowest BCUT2D eigenvalue weighted by Crippen LogP contribution is -2.30.